The predicted octanol–water partition coefficient (Wildman–Crippen LogP) is 5.52. The van der Waals surface area contributed by atoms with Crippen molar-refractivity contribution in [2.24, 2.45) is 0 Å². The van der Waals surface area contributed by atoms with Gasteiger partial charge in [-0.1, -0.05) is 35.4 Å². The molecule has 0 spiro atoms. The summed E-state index contributed by atoms with van der Waals surface area (Å²) < 4.78 is 4.02. The molecular formula is C23H18ClN5. The Hall–Kier alpha value is -3.44. The predicted molar refractivity (Wildman–Crippen MR) is 115 cm³/mol. The number of pyridine rings is 1. The molecule has 0 atom stereocenters. The van der Waals surface area contributed by atoms with Crippen LogP contribution in [0.3, 0.4) is 0 Å². The number of halogens is 1. The van der Waals surface area contributed by atoms with E-state index in [4.69, 9.17) is 16.6 Å². The number of hydrogen-bond acceptors (Lipinski definition) is 3. The average Bonchev–Trinajstić information content (AvgIpc) is 3.34. The van der Waals surface area contributed by atoms with E-state index in [9.17, 15) is 0 Å². The SMILES string of the molecule is Cc1ccc(C)c(-c2nc3ccccn3c2-c2nncn2-c2ccc(Cl)cc2)c1. The molecule has 0 aliphatic rings. The van der Waals surface area contributed by atoms with Crippen molar-refractivity contribution in [1.29, 1.82) is 0 Å². The highest BCUT2D eigenvalue weighted by atomic mass is 35.5. The summed E-state index contributed by atoms with van der Waals surface area (Å²) in [4.78, 5) is 4.95. The summed E-state index contributed by atoms with van der Waals surface area (Å²) in [6, 6.07) is 20.0. The van der Waals surface area contributed by atoms with Crippen LogP contribution in [0.5, 0.6) is 0 Å². The van der Waals surface area contributed by atoms with Gasteiger partial charge in [0.05, 0.1) is 0 Å². The van der Waals surface area contributed by atoms with Gasteiger partial charge in [-0.15, -0.1) is 10.2 Å². The molecule has 3 heterocycles. The second-order valence-corrected chi connectivity index (χ2v) is 7.49. The minimum atomic E-state index is 0.689. The maximum atomic E-state index is 6.07. The molecule has 0 saturated carbocycles. The number of benzene rings is 2. The van der Waals surface area contributed by atoms with Crippen LogP contribution in [-0.4, -0.2) is 24.1 Å². The summed E-state index contributed by atoms with van der Waals surface area (Å²) in [6.07, 6.45) is 3.72. The molecule has 2 aromatic carbocycles. The molecule has 29 heavy (non-hydrogen) atoms. The molecule has 0 radical (unpaired) electrons. The topological polar surface area (TPSA) is 48.0 Å². The Labute approximate surface area is 173 Å². The summed E-state index contributed by atoms with van der Waals surface area (Å²) in [7, 11) is 0. The molecule has 6 heteroatoms. The van der Waals surface area contributed by atoms with Gasteiger partial charge in [-0.2, -0.15) is 0 Å². The van der Waals surface area contributed by atoms with Crippen molar-refractivity contribution in [3.05, 3.63) is 89.3 Å². The van der Waals surface area contributed by atoms with Gasteiger partial charge in [0.25, 0.3) is 0 Å². The monoisotopic (exact) mass is 399 g/mol. The largest absolute Gasteiger partial charge is 0.296 e. The van der Waals surface area contributed by atoms with E-state index < -0.39 is 0 Å². The van der Waals surface area contributed by atoms with E-state index in [1.165, 1.54) is 5.56 Å². The van der Waals surface area contributed by atoms with Gasteiger partial charge in [0, 0.05) is 22.5 Å². The smallest absolute Gasteiger partial charge is 0.187 e. The number of nitrogens with zero attached hydrogens (tertiary/aromatic N) is 5. The quantitative estimate of drug-likeness (QED) is 0.401. The molecule has 0 bridgehead atoms. The molecular weight excluding hydrogens is 382 g/mol. The van der Waals surface area contributed by atoms with Gasteiger partial charge >= 0.3 is 0 Å². The Morgan fingerprint density at radius 3 is 2.59 bits per heavy atom. The summed E-state index contributed by atoms with van der Waals surface area (Å²) in [6.45, 7) is 4.20. The number of aromatic nitrogens is 5. The third-order valence-electron chi connectivity index (χ3n) is 5.04. The minimum absolute atomic E-state index is 0.689. The Bertz CT molecular complexity index is 1330. The molecule has 0 N–H and O–H groups in total. The molecule has 0 aliphatic heterocycles. The van der Waals surface area contributed by atoms with Gasteiger partial charge in [0.15, 0.2) is 5.82 Å². The Kier molecular flexibility index (Phi) is 4.18. The van der Waals surface area contributed by atoms with Crippen LogP contribution < -0.4 is 0 Å². The molecule has 5 aromatic rings. The standard InChI is InChI=1S/C23H18ClN5/c1-15-6-7-16(2)19(13-15)21-22(28-12-4-3-5-20(28)26-21)23-27-25-14-29(23)18-10-8-17(24)9-11-18/h3-14H,1-2H3. The van der Waals surface area contributed by atoms with Gasteiger partial charge < -0.3 is 0 Å². The molecule has 0 fully saturated rings. The zero-order valence-corrected chi connectivity index (χ0v) is 16.8. The van der Waals surface area contributed by atoms with Gasteiger partial charge in [0.2, 0.25) is 0 Å². The van der Waals surface area contributed by atoms with E-state index in [1.807, 2.05) is 53.2 Å². The van der Waals surface area contributed by atoms with Crippen LogP contribution in [0.15, 0.2) is 73.2 Å². The summed E-state index contributed by atoms with van der Waals surface area (Å²) in [5, 5.41) is 9.35. The average molecular weight is 400 g/mol. The first-order valence-corrected chi connectivity index (χ1v) is 9.70. The highest BCUT2D eigenvalue weighted by Gasteiger charge is 2.22. The highest BCUT2D eigenvalue weighted by molar-refractivity contribution is 6.30. The van der Waals surface area contributed by atoms with Crippen molar-refractivity contribution in [3.63, 3.8) is 0 Å². The van der Waals surface area contributed by atoms with Crippen molar-refractivity contribution in [3.8, 4) is 28.5 Å². The van der Waals surface area contributed by atoms with Crippen LogP contribution in [0.1, 0.15) is 11.1 Å². The maximum absolute atomic E-state index is 6.07. The zero-order chi connectivity index (χ0) is 20.0. The summed E-state index contributed by atoms with van der Waals surface area (Å²) in [5.41, 5.74) is 7.04. The molecule has 5 rings (SSSR count). The Morgan fingerprint density at radius 2 is 1.76 bits per heavy atom. The van der Waals surface area contributed by atoms with E-state index in [-0.39, 0.29) is 0 Å². The van der Waals surface area contributed by atoms with E-state index in [2.05, 4.69) is 46.6 Å². The van der Waals surface area contributed by atoms with Crippen molar-refractivity contribution >= 4 is 17.2 Å². The number of aryl methyl sites for hydroxylation is 2. The summed E-state index contributed by atoms with van der Waals surface area (Å²) >= 11 is 6.07. The fourth-order valence-electron chi connectivity index (χ4n) is 3.58. The highest BCUT2D eigenvalue weighted by Crippen LogP contribution is 2.34. The van der Waals surface area contributed by atoms with Gasteiger partial charge in [-0.25, -0.2) is 4.98 Å². The Balaban J connectivity index is 1.82. The molecule has 142 valence electrons. The fourth-order valence-corrected chi connectivity index (χ4v) is 3.70. The number of fused-ring (bicyclic) bond motifs is 1. The van der Waals surface area contributed by atoms with E-state index >= 15 is 0 Å². The summed E-state index contributed by atoms with van der Waals surface area (Å²) in [5.74, 6) is 0.724. The lowest BCUT2D eigenvalue weighted by atomic mass is 10.0. The fraction of sp³-hybridized carbons (Fsp3) is 0.0870. The van der Waals surface area contributed by atoms with Crippen LogP contribution in [0.25, 0.3) is 34.1 Å². The first kappa shape index (κ1) is 17.6. The third-order valence-corrected chi connectivity index (χ3v) is 5.29. The number of imidazole rings is 1. The van der Waals surface area contributed by atoms with Crippen molar-refractivity contribution in [1.82, 2.24) is 24.1 Å². The zero-order valence-electron chi connectivity index (χ0n) is 16.0. The lowest BCUT2D eigenvalue weighted by Gasteiger charge is -2.10. The number of hydrogen-bond donors (Lipinski definition) is 0. The van der Waals surface area contributed by atoms with E-state index in [0.717, 1.165) is 39.7 Å². The molecule has 3 aromatic heterocycles. The third kappa shape index (κ3) is 3.00. The van der Waals surface area contributed by atoms with E-state index in [1.54, 1.807) is 6.33 Å². The van der Waals surface area contributed by atoms with Crippen LogP contribution in [-0.2, 0) is 0 Å². The van der Waals surface area contributed by atoms with Gasteiger partial charge in [0.1, 0.15) is 23.4 Å². The normalized spacial score (nSPS) is 11.3. The maximum Gasteiger partial charge on any atom is 0.187 e. The second kappa shape index (κ2) is 6.87. The van der Waals surface area contributed by atoms with Crippen LogP contribution in [0.4, 0.5) is 0 Å². The van der Waals surface area contributed by atoms with Crippen molar-refractivity contribution in [2.75, 3.05) is 0 Å². The second-order valence-electron chi connectivity index (χ2n) is 7.06. The van der Waals surface area contributed by atoms with Crippen LogP contribution in [0, 0.1) is 13.8 Å². The lowest BCUT2D eigenvalue weighted by molar-refractivity contribution is 1.04. The Morgan fingerprint density at radius 1 is 0.931 bits per heavy atom. The molecule has 0 amide bonds. The van der Waals surface area contributed by atoms with Crippen LogP contribution >= 0.6 is 11.6 Å². The first-order valence-electron chi connectivity index (χ1n) is 9.33. The molecule has 5 nitrogen and oxygen atoms in total. The molecule has 0 unspecified atom stereocenters. The van der Waals surface area contributed by atoms with Crippen LogP contribution in [0.2, 0.25) is 5.02 Å². The van der Waals surface area contributed by atoms with Crippen molar-refractivity contribution < 1.29 is 0 Å². The van der Waals surface area contributed by atoms with Gasteiger partial charge in [-0.05, 0) is 61.9 Å². The first-order chi connectivity index (χ1) is 14.1. The van der Waals surface area contributed by atoms with E-state index in [0.29, 0.717) is 5.02 Å². The van der Waals surface area contributed by atoms with Crippen molar-refractivity contribution in [2.45, 2.75) is 13.8 Å². The number of rotatable bonds is 3. The van der Waals surface area contributed by atoms with Gasteiger partial charge in [-0.3, -0.25) is 8.97 Å². The molecule has 0 saturated heterocycles. The minimum Gasteiger partial charge on any atom is -0.296 e. The lowest BCUT2D eigenvalue weighted by Crippen LogP contribution is -2.00. The molecule has 0 aliphatic carbocycles.